The van der Waals surface area contributed by atoms with Crippen LogP contribution in [-0.4, -0.2) is 37.7 Å². The molecule has 2 rings (SSSR count). The molecule has 1 heterocycles. The van der Waals surface area contributed by atoms with Gasteiger partial charge in [0.25, 0.3) is 0 Å². The van der Waals surface area contributed by atoms with Gasteiger partial charge in [-0.15, -0.1) is 6.58 Å². The molecule has 0 radical (unpaired) electrons. The molecule has 22 heavy (non-hydrogen) atoms. The summed E-state index contributed by atoms with van der Waals surface area (Å²) in [6.07, 6.45) is 3.70. The number of hydrogen-bond acceptors (Lipinski definition) is 3. The van der Waals surface area contributed by atoms with Gasteiger partial charge in [0.2, 0.25) is 0 Å². The first kappa shape index (κ1) is 17.3. The van der Waals surface area contributed by atoms with Gasteiger partial charge in [0.15, 0.2) is 11.6 Å². The van der Waals surface area contributed by atoms with Crippen molar-refractivity contribution in [3.05, 3.63) is 41.2 Å². The van der Waals surface area contributed by atoms with Gasteiger partial charge in [-0.1, -0.05) is 17.7 Å². The molecule has 0 aliphatic carbocycles. The van der Waals surface area contributed by atoms with Gasteiger partial charge in [-0.25, -0.2) is 4.39 Å². The molecule has 1 saturated heterocycles. The summed E-state index contributed by atoms with van der Waals surface area (Å²) in [5.41, 5.74) is 0.912. The van der Waals surface area contributed by atoms with E-state index in [4.69, 9.17) is 16.3 Å². The van der Waals surface area contributed by atoms with Gasteiger partial charge in [-0.05, 0) is 37.5 Å². The quantitative estimate of drug-likeness (QED) is 0.772. The van der Waals surface area contributed by atoms with E-state index < -0.39 is 0 Å². The van der Waals surface area contributed by atoms with Crippen molar-refractivity contribution >= 4 is 11.6 Å². The number of allylic oxidation sites excluding steroid dienone is 1. The van der Waals surface area contributed by atoms with E-state index in [9.17, 15) is 4.39 Å². The number of ether oxygens (including phenoxy) is 1. The fourth-order valence-electron chi connectivity index (χ4n) is 2.88. The standard InChI is InChI=1S/C17H24ClFN2O/c1-3-5-6-16(21-9-7-20-8-10-21)13-11-14(18)17(22-4-2)15(19)12-13/h3,11-12,16,20H,1,4-10H2,2H3/t16-/m1/s1. The summed E-state index contributed by atoms with van der Waals surface area (Å²) < 4.78 is 19.6. The lowest BCUT2D eigenvalue weighted by Crippen LogP contribution is -2.45. The van der Waals surface area contributed by atoms with Gasteiger partial charge < -0.3 is 10.1 Å². The predicted octanol–water partition coefficient (Wildman–Crippen LogP) is 3.79. The van der Waals surface area contributed by atoms with E-state index in [0.717, 1.165) is 44.6 Å². The highest BCUT2D eigenvalue weighted by Crippen LogP contribution is 2.35. The number of hydrogen-bond donors (Lipinski definition) is 1. The van der Waals surface area contributed by atoms with Crippen LogP contribution in [0.1, 0.15) is 31.4 Å². The monoisotopic (exact) mass is 326 g/mol. The minimum Gasteiger partial charge on any atom is -0.489 e. The minimum absolute atomic E-state index is 0.149. The highest BCUT2D eigenvalue weighted by atomic mass is 35.5. The van der Waals surface area contributed by atoms with Crippen molar-refractivity contribution in [1.29, 1.82) is 0 Å². The van der Waals surface area contributed by atoms with Gasteiger partial charge in [0.05, 0.1) is 11.6 Å². The number of nitrogens with zero attached hydrogens (tertiary/aromatic N) is 1. The number of piperazine rings is 1. The summed E-state index contributed by atoms with van der Waals surface area (Å²) in [7, 11) is 0. The van der Waals surface area contributed by atoms with Crippen molar-refractivity contribution < 1.29 is 9.13 Å². The van der Waals surface area contributed by atoms with E-state index in [1.807, 2.05) is 19.1 Å². The Morgan fingerprint density at radius 2 is 2.18 bits per heavy atom. The number of halogens is 2. The first-order valence-corrected chi connectivity index (χ1v) is 8.22. The van der Waals surface area contributed by atoms with Crippen LogP contribution in [0.2, 0.25) is 5.02 Å². The molecule has 1 aromatic carbocycles. The summed E-state index contributed by atoms with van der Waals surface area (Å²) in [5.74, 6) is -0.237. The van der Waals surface area contributed by atoms with Crippen LogP contribution in [0.15, 0.2) is 24.8 Å². The molecule has 0 amide bonds. The second kappa shape index (κ2) is 8.51. The maximum Gasteiger partial charge on any atom is 0.173 e. The molecule has 1 aliphatic heterocycles. The van der Waals surface area contributed by atoms with Crippen LogP contribution in [0.3, 0.4) is 0 Å². The third kappa shape index (κ3) is 4.22. The van der Waals surface area contributed by atoms with Gasteiger partial charge in [-0.3, -0.25) is 4.90 Å². The molecule has 0 spiro atoms. The van der Waals surface area contributed by atoms with Crippen molar-refractivity contribution in [2.75, 3.05) is 32.8 Å². The topological polar surface area (TPSA) is 24.5 Å². The maximum absolute atomic E-state index is 14.3. The molecule has 0 unspecified atom stereocenters. The smallest absolute Gasteiger partial charge is 0.173 e. The lowest BCUT2D eigenvalue weighted by Gasteiger charge is -2.35. The molecule has 1 atom stereocenters. The second-order valence-corrected chi connectivity index (χ2v) is 5.82. The molecule has 0 saturated carbocycles. The van der Waals surface area contributed by atoms with Crippen LogP contribution >= 0.6 is 11.6 Å². The fourth-order valence-corrected chi connectivity index (χ4v) is 3.15. The fraction of sp³-hybridized carbons (Fsp3) is 0.529. The Balaban J connectivity index is 2.27. The minimum atomic E-state index is -0.386. The highest BCUT2D eigenvalue weighted by molar-refractivity contribution is 6.32. The summed E-state index contributed by atoms with van der Waals surface area (Å²) in [6, 6.07) is 3.56. The molecular formula is C17H24ClFN2O. The first-order chi connectivity index (χ1) is 10.7. The summed E-state index contributed by atoms with van der Waals surface area (Å²) >= 11 is 6.21. The molecule has 1 aliphatic rings. The Labute approximate surface area is 137 Å². The van der Waals surface area contributed by atoms with Crippen LogP contribution in [0, 0.1) is 5.82 Å². The van der Waals surface area contributed by atoms with Crippen molar-refractivity contribution in [1.82, 2.24) is 10.2 Å². The average Bonchev–Trinajstić information content (AvgIpc) is 2.52. The van der Waals surface area contributed by atoms with E-state index in [2.05, 4.69) is 16.8 Å². The molecule has 0 aromatic heterocycles. The van der Waals surface area contributed by atoms with E-state index in [-0.39, 0.29) is 17.6 Å². The maximum atomic E-state index is 14.3. The van der Waals surface area contributed by atoms with Crippen LogP contribution < -0.4 is 10.1 Å². The number of nitrogens with one attached hydrogen (secondary N) is 1. The molecule has 1 N–H and O–H groups in total. The van der Waals surface area contributed by atoms with Crippen LogP contribution in [0.4, 0.5) is 4.39 Å². The lowest BCUT2D eigenvalue weighted by atomic mass is 9.99. The van der Waals surface area contributed by atoms with E-state index in [1.165, 1.54) is 0 Å². The lowest BCUT2D eigenvalue weighted by molar-refractivity contribution is 0.165. The Morgan fingerprint density at radius 1 is 1.45 bits per heavy atom. The average molecular weight is 327 g/mol. The zero-order chi connectivity index (χ0) is 15.9. The molecule has 0 bridgehead atoms. The summed E-state index contributed by atoms with van der Waals surface area (Å²) in [5, 5.41) is 3.69. The van der Waals surface area contributed by atoms with Crippen molar-refractivity contribution in [3.8, 4) is 5.75 Å². The van der Waals surface area contributed by atoms with E-state index in [1.54, 1.807) is 6.07 Å². The van der Waals surface area contributed by atoms with Crippen LogP contribution in [-0.2, 0) is 0 Å². The first-order valence-electron chi connectivity index (χ1n) is 7.84. The largest absolute Gasteiger partial charge is 0.489 e. The normalized spacial score (nSPS) is 17.2. The molecule has 3 nitrogen and oxygen atoms in total. The molecule has 122 valence electrons. The van der Waals surface area contributed by atoms with Crippen molar-refractivity contribution in [2.24, 2.45) is 0 Å². The Morgan fingerprint density at radius 3 is 2.77 bits per heavy atom. The highest BCUT2D eigenvalue weighted by Gasteiger charge is 2.24. The second-order valence-electron chi connectivity index (χ2n) is 5.41. The Hall–Kier alpha value is -1.10. The number of benzene rings is 1. The summed E-state index contributed by atoms with van der Waals surface area (Å²) in [6.45, 7) is 9.82. The Kier molecular flexibility index (Phi) is 6.68. The van der Waals surface area contributed by atoms with Gasteiger partial charge in [-0.2, -0.15) is 0 Å². The Bertz CT molecular complexity index is 480. The van der Waals surface area contributed by atoms with Gasteiger partial charge in [0, 0.05) is 32.2 Å². The molecule has 1 fully saturated rings. The zero-order valence-electron chi connectivity index (χ0n) is 13.1. The molecular weight excluding hydrogens is 303 g/mol. The van der Waals surface area contributed by atoms with Gasteiger partial charge in [0.1, 0.15) is 0 Å². The summed E-state index contributed by atoms with van der Waals surface area (Å²) in [4.78, 5) is 2.38. The third-order valence-corrected chi connectivity index (χ3v) is 4.21. The molecule has 1 aromatic rings. The SMILES string of the molecule is C=CCC[C@H](c1cc(F)c(OCC)c(Cl)c1)N1CCNCC1. The van der Waals surface area contributed by atoms with Crippen molar-refractivity contribution in [2.45, 2.75) is 25.8 Å². The van der Waals surface area contributed by atoms with Gasteiger partial charge >= 0.3 is 0 Å². The number of rotatable bonds is 7. The van der Waals surface area contributed by atoms with E-state index in [0.29, 0.717) is 11.6 Å². The third-order valence-electron chi connectivity index (χ3n) is 3.93. The zero-order valence-corrected chi connectivity index (χ0v) is 13.8. The van der Waals surface area contributed by atoms with E-state index >= 15 is 0 Å². The predicted molar refractivity (Wildman–Crippen MR) is 89.2 cm³/mol. The van der Waals surface area contributed by atoms with Crippen LogP contribution in [0.25, 0.3) is 0 Å². The molecule has 5 heteroatoms. The van der Waals surface area contributed by atoms with Crippen molar-refractivity contribution in [3.63, 3.8) is 0 Å². The van der Waals surface area contributed by atoms with Crippen LogP contribution in [0.5, 0.6) is 5.75 Å².